The van der Waals surface area contributed by atoms with E-state index in [4.69, 9.17) is 0 Å². The maximum Gasteiger partial charge on any atom is 0.152 e. The molecule has 3 aromatic heterocycles. The Kier molecular flexibility index (Phi) is 2.68. The van der Waals surface area contributed by atoms with Crippen LogP contribution in [0.3, 0.4) is 0 Å². The van der Waals surface area contributed by atoms with Crippen LogP contribution in [-0.4, -0.2) is 30.2 Å². The Balaban J connectivity index is 1.77. The highest BCUT2D eigenvalue weighted by atomic mass is 15.2. The standard InChI is InChI=1S/C12H14N6/c1-10(8-17-6-4-13-9-17)16-12-11-2-3-15-18(11)7-5-14-12/h2-7,9-10H,8H2,1H3,(H,14,16). The predicted molar refractivity (Wildman–Crippen MR) is 68.3 cm³/mol. The van der Waals surface area contributed by atoms with E-state index in [1.165, 1.54) is 0 Å². The topological polar surface area (TPSA) is 60.0 Å². The van der Waals surface area contributed by atoms with Crippen molar-refractivity contribution in [3.8, 4) is 0 Å². The number of anilines is 1. The molecule has 0 aliphatic heterocycles. The van der Waals surface area contributed by atoms with Gasteiger partial charge in [-0.1, -0.05) is 0 Å². The molecule has 0 fully saturated rings. The lowest BCUT2D eigenvalue weighted by Gasteiger charge is -2.15. The second-order valence-electron chi connectivity index (χ2n) is 4.24. The molecule has 6 nitrogen and oxygen atoms in total. The van der Waals surface area contributed by atoms with Crippen molar-refractivity contribution in [1.29, 1.82) is 0 Å². The molecule has 0 spiro atoms. The summed E-state index contributed by atoms with van der Waals surface area (Å²) in [4.78, 5) is 8.38. The maximum atomic E-state index is 4.35. The van der Waals surface area contributed by atoms with E-state index < -0.39 is 0 Å². The first-order valence-electron chi connectivity index (χ1n) is 5.83. The molecular weight excluding hydrogens is 228 g/mol. The maximum absolute atomic E-state index is 4.35. The van der Waals surface area contributed by atoms with Gasteiger partial charge in [-0.2, -0.15) is 5.10 Å². The van der Waals surface area contributed by atoms with Crippen LogP contribution in [0.1, 0.15) is 6.92 Å². The summed E-state index contributed by atoms with van der Waals surface area (Å²) in [6, 6.07) is 2.20. The van der Waals surface area contributed by atoms with Crippen molar-refractivity contribution in [2.75, 3.05) is 5.32 Å². The molecule has 92 valence electrons. The zero-order valence-corrected chi connectivity index (χ0v) is 10.1. The SMILES string of the molecule is CC(Cn1ccnc1)Nc1nccn2nccc12. The lowest BCUT2D eigenvalue weighted by Crippen LogP contribution is -2.22. The fraction of sp³-hybridized carbons (Fsp3) is 0.250. The largest absolute Gasteiger partial charge is 0.364 e. The molecule has 0 aliphatic rings. The van der Waals surface area contributed by atoms with E-state index in [0.29, 0.717) is 0 Å². The Morgan fingerprint density at radius 1 is 1.28 bits per heavy atom. The highest BCUT2D eigenvalue weighted by molar-refractivity contribution is 5.66. The quantitative estimate of drug-likeness (QED) is 0.751. The lowest BCUT2D eigenvalue weighted by atomic mass is 10.3. The zero-order valence-electron chi connectivity index (χ0n) is 10.1. The van der Waals surface area contributed by atoms with E-state index in [2.05, 4.69) is 27.3 Å². The molecule has 0 radical (unpaired) electrons. The molecule has 3 aromatic rings. The van der Waals surface area contributed by atoms with E-state index >= 15 is 0 Å². The van der Waals surface area contributed by atoms with Gasteiger partial charge in [-0.25, -0.2) is 14.5 Å². The van der Waals surface area contributed by atoms with E-state index in [1.54, 1.807) is 23.1 Å². The van der Waals surface area contributed by atoms with Gasteiger partial charge in [0.1, 0.15) is 5.52 Å². The second kappa shape index (κ2) is 4.48. The molecule has 18 heavy (non-hydrogen) atoms. The Bertz CT molecular complexity index is 627. The summed E-state index contributed by atoms with van der Waals surface area (Å²) in [5, 5.41) is 7.57. The van der Waals surface area contributed by atoms with Crippen molar-refractivity contribution < 1.29 is 0 Å². The Labute approximate surface area is 104 Å². The van der Waals surface area contributed by atoms with Crippen LogP contribution in [0.2, 0.25) is 0 Å². The summed E-state index contributed by atoms with van der Waals surface area (Å²) >= 11 is 0. The fourth-order valence-corrected chi connectivity index (χ4v) is 1.96. The molecular formula is C12H14N6. The summed E-state index contributed by atoms with van der Waals surface area (Å²) in [6.07, 6.45) is 10.9. The number of rotatable bonds is 4. The number of hydrogen-bond acceptors (Lipinski definition) is 4. The van der Waals surface area contributed by atoms with Gasteiger partial charge in [-0.05, 0) is 13.0 Å². The van der Waals surface area contributed by atoms with Gasteiger partial charge in [0.05, 0.1) is 12.5 Å². The molecule has 3 heterocycles. The number of imidazole rings is 1. The van der Waals surface area contributed by atoms with E-state index in [-0.39, 0.29) is 6.04 Å². The minimum atomic E-state index is 0.257. The van der Waals surface area contributed by atoms with Crippen molar-refractivity contribution in [3.05, 3.63) is 43.4 Å². The molecule has 1 N–H and O–H groups in total. The molecule has 0 saturated heterocycles. The summed E-state index contributed by atoms with van der Waals surface area (Å²) < 4.78 is 3.84. The lowest BCUT2D eigenvalue weighted by molar-refractivity contribution is 0.617. The summed E-state index contributed by atoms with van der Waals surface area (Å²) in [7, 11) is 0. The molecule has 0 bridgehead atoms. The number of aromatic nitrogens is 5. The van der Waals surface area contributed by atoms with Gasteiger partial charge in [0.25, 0.3) is 0 Å². The van der Waals surface area contributed by atoms with Crippen molar-refractivity contribution in [2.24, 2.45) is 0 Å². The Morgan fingerprint density at radius 3 is 3.06 bits per heavy atom. The second-order valence-corrected chi connectivity index (χ2v) is 4.24. The number of nitrogens with zero attached hydrogens (tertiary/aromatic N) is 5. The van der Waals surface area contributed by atoms with Crippen LogP contribution in [-0.2, 0) is 6.54 Å². The predicted octanol–water partition coefficient (Wildman–Crippen LogP) is 1.43. The smallest absolute Gasteiger partial charge is 0.152 e. The van der Waals surface area contributed by atoms with Crippen LogP contribution >= 0.6 is 0 Å². The third-order valence-electron chi connectivity index (χ3n) is 2.75. The van der Waals surface area contributed by atoms with E-state index in [0.717, 1.165) is 17.9 Å². The van der Waals surface area contributed by atoms with Crippen LogP contribution < -0.4 is 5.32 Å². The molecule has 0 amide bonds. The van der Waals surface area contributed by atoms with Crippen LogP contribution in [0.15, 0.2) is 43.4 Å². The normalized spacial score (nSPS) is 12.7. The van der Waals surface area contributed by atoms with Crippen LogP contribution in [0, 0.1) is 0 Å². The van der Waals surface area contributed by atoms with Crippen molar-refractivity contribution >= 4 is 11.3 Å². The summed E-state index contributed by atoms with van der Waals surface area (Å²) in [6.45, 7) is 2.96. The average molecular weight is 242 g/mol. The third kappa shape index (κ3) is 2.04. The Morgan fingerprint density at radius 2 is 2.22 bits per heavy atom. The monoisotopic (exact) mass is 242 g/mol. The highest BCUT2D eigenvalue weighted by Crippen LogP contribution is 2.13. The van der Waals surface area contributed by atoms with Gasteiger partial charge >= 0.3 is 0 Å². The van der Waals surface area contributed by atoms with Crippen LogP contribution in [0.25, 0.3) is 5.52 Å². The molecule has 0 aromatic carbocycles. The van der Waals surface area contributed by atoms with Crippen LogP contribution in [0.5, 0.6) is 0 Å². The van der Waals surface area contributed by atoms with Gasteiger partial charge in [0, 0.05) is 37.4 Å². The van der Waals surface area contributed by atoms with Crippen molar-refractivity contribution in [1.82, 2.24) is 24.1 Å². The molecule has 6 heteroatoms. The first kappa shape index (κ1) is 10.8. The first-order chi connectivity index (χ1) is 8.83. The van der Waals surface area contributed by atoms with Gasteiger partial charge in [0.2, 0.25) is 0 Å². The minimum absolute atomic E-state index is 0.257. The minimum Gasteiger partial charge on any atom is -0.364 e. The average Bonchev–Trinajstić information content (AvgIpc) is 2.99. The summed E-state index contributed by atoms with van der Waals surface area (Å²) in [5.74, 6) is 0.850. The zero-order chi connectivity index (χ0) is 12.4. The number of nitrogens with one attached hydrogen (secondary N) is 1. The fourth-order valence-electron chi connectivity index (χ4n) is 1.96. The molecule has 3 rings (SSSR count). The van der Waals surface area contributed by atoms with Gasteiger partial charge in [0.15, 0.2) is 5.82 Å². The highest BCUT2D eigenvalue weighted by Gasteiger charge is 2.07. The van der Waals surface area contributed by atoms with Gasteiger partial charge < -0.3 is 9.88 Å². The number of hydrogen-bond donors (Lipinski definition) is 1. The van der Waals surface area contributed by atoms with Crippen molar-refractivity contribution in [3.63, 3.8) is 0 Å². The van der Waals surface area contributed by atoms with Crippen LogP contribution in [0.4, 0.5) is 5.82 Å². The summed E-state index contributed by atoms with van der Waals surface area (Å²) in [5.41, 5.74) is 0.981. The van der Waals surface area contributed by atoms with E-state index in [9.17, 15) is 0 Å². The molecule has 0 aliphatic carbocycles. The van der Waals surface area contributed by atoms with Gasteiger partial charge in [-0.15, -0.1) is 0 Å². The Hall–Kier alpha value is -2.37. The molecule has 1 unspecified atom stereocenters. The van der Waals surface area contributed by atoms with Gasteiger partial charge in [-0.3, -0.25) is 0 Å². The molecule has 0 saturated carbocycles. The molecule has 1 atom stereocenters. The van der Waals surface area contributed by atoms with Crippen molar-refractivity contribution in [2.45, 2.75) is 19.5 Å². The first-order valence-corrected chi connectivity index (χ1v) is 5.83. The number of fused-ring (bicyclic) bond motifs is 1. The third-order valence-corrected chi connectivity index (χ3v) is 2.75. The van der Waals surface area contributed by atoms with E-state index in [1.807, 2.05) is 29.4 Å².